The number of hydrogen-bond donors (Lipinski definition) is 1. The third kappa shape index (κ3) is 3.36. The number of thiazole rings is 1. The Bertz CT molecular complexity index is 1150. The maximum absolute atomic E-state index is 13.0. The first-order valence-electron chi connectivity index (χ1n) is 8.71. The summed E-state index contributed by atoms with van der Waals surface area (Å²) in [5, 5.41) is 4.34. The number of nitrogens with one attached hydrogen (secondary N) is 1. The van der Waals surface area contributed by atoms with Crippen LogP contribution in [0.15, 0.2) is 48.5 Å². The molecule has 0 radical (unpaired) electrons. The number of pyridine rings is 1. The van der Waals surface area contributed by atoms with Crippen molar-refractivity contribution in [3.8, 4) is 5.75 Å². The minimum absolute atomic E-state index is 0.179. The summed E-state index contributed by atoms with van der Waals surface area (Å²) in [7, 11) is 1.63. The van der Waals surface area contributed by atoms with Gasteiger partial charge in [-0.05, 0) is 36.2 Å². The average Bonchev–Trinajstić information content (AvgIpc) is 3.08. The number of para-hydroxylation sites is 1. The van der Waals surface area contributed by atoms with E-state index in [1.165, 1.54) is 11.3 Å². The molecule has 0 spiro atoms. The first-order chi connectivity index (χ1) is 13.0. The van der Waals surface area contributed by atoms with Gasteiger partial charge >= 0.3 is 0 Å². The molecule has 2 aromatic heterocycles. The maximum atomic E-state index is 13.0. The predicted octanol–water partition coefficient (Wildman–Crippen LogP) is 5.23. The summed E-state index contributed by atoms with van der Waals surface area (Å²) >= 11 is 1.43. The van der Waals surface area contributed by atoms with Gasteiger partial charge in [0, 0.05) is 11.1 Å². The monoisotopic (exact) mass is 377 g/mol. The van der Waals surface area contributed by atoms with Crippen molar-refractivity contribution >= 4 is 43.5 Å². The average molecular weight is 377 g/mol. The number of benzene rings is 2. The second-order valence-electron chi connectivity index (χ2n) is 6.57. The molecule has 0 aliphatic carbocycles. The number of amides is 1. The molecular weight excluding hydrogens is 358 g/mol. The van der Waals surface area contributed by atoms with Gasteiger partial charge in [-0.1, -0.05) is 43.4 Å². The summed E-state index contributed by atoms with van der Waals surface area (Å²) in [5.74, 6) is 0.823. The molecule has 0 saturated heterocycles. The minimum Gasteiger partial charge on any atom is -0.497 e. The molecule has 1 N–H and O–H groups in total. The van der Waals surface area contributed by atoms with Crippen LogP contribution in [0.3, 0.4) is 0 Å². The van der Waals surface area contributed by atoms with Crippen molar-refractivity contribution in [1.29, 1.82) is 0 Å². The Morgan fingerprint density at radius 3 is 2.67 bits per heavy atom. The Balaban J connectivity index is 1.72. The minimum atomic E-state index is -0.179. The number of rotatable bonds is 4. The number of nitrogens with zero attached hydrogens (tertiary/aromatic N) is 2. The lowest BCUT2D eigenvalue weighted by Crippen LogP contribution is -2.13. The Morgan fingerprint density at radius 1 is 1.07 bits per heavy atom. The van der Waals surface area contributed by atoms with Crippen molar-refractivity contribution in [2.75, 3.05) is 12.4 Å². The maximum Gasteiger partial charge on any atom is 0.258 e. The van der Waals surface area contributed by atoms with Crippen LogP contribution in [-0.2, 0) is 0 Å². The van der Waals surface area contributed by atoms with E-state index in [1.54, 1.807) is 7.11 Å². The number of carbonyl (C=O) groups excluding carboxylic acids is 1. The number of anilines is 1. The van der Waals surface area contributed by atoms with Crippen molar-refractivity contribution in [1.82, 2.24) is 9.97 Å². The summed E-state index contributed by atoms with van der Waals surface area (Å²) in [4.78, 5) is 22.2. The van der Waals surface area contributed by atoms with Gasteiger partial charge in [0.05, 0.1) is 28.4 Å². The van der Waals surface area contributed by atoms with Crippen LogP contribution in [0, 0.1) is 0 Å². The first kappa shape index (κ1) is 17.4. The van der Waals surface area contributed by atoms with Gasteiger partial charge in [-0.15, -0.1) is 0 Å². The van der Waals surface area contributed by atoms with E-state index in [2.05, 4.69) is 29.1 Å². The topological polar surface area (TPSA) is 64.1 Å². The van der Waals surface area contributed by atoms with Gasteiger partial charge < -0.3 is 4.74 Å². The Kier molecular flexibility index (Phi) is 4.49. The number of aromatic nitrogens is 2. The summed E-state index contributed by atoms with van der Waals surface area (Å²) in [5.41, 5.74) is 3.16. The largest absolute Gasteiger partial charge is 0.497 e. The third-order valence-corrected chi connectivity index (χ3v) is 5.32. The van der Waals surface area contributed by atoms with E-state index in [0.717, 1.165) is 32.6 Å². The number of ether oxygens (including phenoxy) is 1. The first-order valence-corrected chi connectivity index (χ1v) is 9.52. The van der Waals surface area contributed by atoms with Crippen molar-refractivity contribution < 1.29 is 9.53 Å². The second kappa shape index (κ2) is 6.96. The molecule has 6 heteroatoms. The van der Waals surface area contributed by atoms with Crippen molar-refractivity contribution in [2.45, 2.75) is 19.8 Å². The molecule has 2 heterocycles. The van der Waals surface area contributed by atoms with Gasteiger partial charge in [0.1, 0.15) is 5.75 Å². The van der Waals surface area contributed by atoms with Gasteiger partial charge in [0.15, 0.2) is 5.13 Å². The standard InChI is InChI=1S/C21H19N3O2S/c1-12(2)18-11-15(14-6-4-5-7-16(14)22-18)20(25)24-21-23-17-9-8-13(26-3)10-19(17)27-21/h4-12H,1-3H3,(H,23,24,25). The van der Waals surface area contributed by atoms with Crippen LogP contribution in [0.4, 0.5) is 5.13 Å². The second-order valence-corrected chi connectivity index (χ2v) is 7.60. The van der Waals surface area contributed by atoms with Gasteiger partial charge in [0.2, 0.25) is 0 Å². The summed E-state index contributed by atoms with van der Waals surface area (Å²) in [6.45, 7) is 4.14. The highest BCUT2D eigenvalue weighted by Crippen LogP contribution is 2.30. The number of carbonyl (C=O) groups is 1. The quantitative estimate of drug-likeness (QED) is 0.529. The fourth-order valence-corrected chi connectivity index (χ4v) is 3.82. The summed E-state index contributed by atoms with van der Waals surface area (Å²) < 4.78 is 6.22. The third-order valence-electron chi connectivity index (χ3n) is 4.39. The molecule has 0 bridgehead atoms. The molecule has 0 atom stereocenters. The van der Waals surface area contributed by atoms with Crippen LogP contribution in [0.5, 0.6) is 5.75 Å². The zero-order valence-electron chi connectivity index (χ0n) is 15.3. The SMILES string of the molecule is COc1ccc2nc(NC(=O)c3cc(C(C)C)nc4ccccc34)sc2c1. The predicted molar refractivity (Wildman–Crippen MR) is 110 cm³/mol. The Hall–Kier alpha value is -2.99. The van der Waals surface area contributed by atoms with E-state index in [4.69, 9.17) is 4.74 Å². The van der Waals surface area contributed by atoms with E-state index in [9.17, 15) is 4.79 Å². The molecule has 0 saturated carbocycles. The number of fused-ring (bicyclic) bond motifs is 2. The molecule has 27 heavy (non-hydrogen) atoms. The van der Waals surface area contributed by atoms with Crippen molar-refractivity contribution in [2.24, 2.45) is 0 Å². The zero-order valence-corrected chi connectivity index (χ0v) is 16.1. The van der Waals surface area contributed by atoms with E-state index >= 15 is 0 Å². The van der Waals surface area contributed by atoms with E-state index < -0.39 is 0 Å². The van der Waals surface area contributed by atoms with Crippen LogP contribution >= 0.6 is 11.3 Å². The molecule has 1 amide bonds. The highest BCUT2D eigenvalue weighted by molar-refractivity contribution is 7.22. The molecule has 0 aliphatic heterocycles. The van der Waals surface area contributed by atoms with Gasteiger partial charge in [-0.2, -0.15) is 0 Å². The number of hydrogen-bond acceptors (Lipinski definition) is 5. The highest BCUT2D eigenvalue weighted by Gasteiger charge is 2.16. The van der Waals surface area contributed by atoms with Crippen LogP contribution in [0.1, 0.15) is 35.8 Å². The zero-order chi connectivity index (χ0) is 19.0. The molecule has 0 fully saturated rings. The van der Waals surface area contributed by atoms with Crippen molar-refractivity contribution in [3.05, 3.63) is 59.8 Å². The molecule has 0 aliphatic rings. The summed E-state index contributed by atoms with van der Waals surface area (Å²) in [6.07, 6.45) is 0. The molecular formula is C21H19N3O2S. The van der Waals surface area contributed by atoms with Gasteiger partial charge in [-0.3, -0.25) is 15.1 Å². The fraction of sp³-hybridized carbons (Fsp3) is 0.190. The van der Waals surface area contributed by atoms with Gasteiger partial charge in [0.25, 0.3) is 5.91 Å². The lowest BCUT2D eigenvalue weighted by molar-refractivity contribution is 0.102. The molecule has 136 valence electrons. The lowest BCUT2D eigenvalue weighted by atomic mass is 10.0. The normalized spacial score (nSPS) is 11.3. The number of methoxy groups -OCH3 is 1. The Labute approximate surface area is 161 Å². The molecule has 4 aromatic rings. The highest BCUT2D eigenvalue weighted by atomic mass is 32.1. The van der Waals surface area contributed by atoms with Crippen LogP contribution in [0.25, 0.3) is 21.1 Å². The van der Waals surface area contributed by atoms with E-state index in [1.807, 2.05) is 48.5 Å². The van der Waals surface area contributed by atoms with Crippen LogP contribution < -0.4 is 10.1 Å². The fourth-order valence-electron chi connectivity index (χ4n) is 2.93. The molecule has 4 rings (SSSR count). The van der Waals surface area contributed by atoms with Crippen LogP contribution in [0.2, 0.25) is 0 Å². The smallest absolute Gasteiger partial charge is 0.258 e. The molecule has 2 aromatic carbocycles. The van der Waals surface area contributed by atoms with Gasteiger partial charge in [-0.25, -0.2) is 4.98 Å². The van der Waals surface area contributed by atoms with E-state index in [-0.39, 0.29) is 11.8 Å². The Morgan fingerprint density at radius 2 is 1.89 bits per heavy atom. The van der Waals surface area contributed by atoms with Crippen molar-refractivity contribution in [3.63, 3.8) is 0 Å². The summed E-state index contributed by atoms with van der Waals surface area (Å²) in [6, 6.07) is 15.2. The molecule has 5 nitrogen and oxygen atoms in total. The van der Waals surface area contributed by atoms with Crippen LogP contribution in [-0.4, -0.2) is 23.0 Å². The lowest BCUT2D eigenvalue weighted by Gasteiger charge is -2.11. The van der Waals surface area contributed by atoms with E-state index in [0.29, 0.717) is 10.7 Å². The molecule has 0 unspecified atom stereocenters.